The molecule has 0 radical (unpaired) electrons. The molecule has 2 aromatic heterocycles. The summed E-state index contributed by atoms with van der Waals surface area (Å²) in [5.41, 5.74) is 3.18. The minimum atomic E-state index is -0.0299. The van der Waals surface area contributed by atoms with E-state index in [0.717, 1.165) is 49.0 Å². The second kappa shape index (κ2) is 7.84. The molecule has 6 rings (SSSR count). The first-order valence-corrected chi connectivity index (χ1v) is 11.1. The van der Waals surface area contributed by atoms with Gasteiger partial charge in [0.05, 0.1) is 11.2 Å². The van der Waals surface area contributed by atoms with Crippen LogP contribution in [0.1, 0.15) is 37.3 Å². The standard InChI is InChI=1S/C22H27ClN6O2/c1-13-10-16(23)19-11-17(13)25-21-24-12-18-20(26-21)29(22(30)28(18)3)15-6-4-14(5-7-15)27(2)8-9-31-19/h10-12,14-15H,4-9H2,1-3H3,(H,24,25,26). The SMILES string of the molecule is Cc1cc(Cl)c2cc1Nc1ncc3c(n1)n(c(=O)n3C)C1CCC(CC1)N(C)CCO2. The maximum absolute atomic E-state index is 13.1. The first-order chi connectivity index (χ1) is 14.9. The van der Waals surface area contributed by atoms with Gasteiger partial charge in [-0.2, -0.15) is 4.98 Å². The van der Waals surface area contributed by atoms with Gasteiger partial charge in [-0.3, -0.25) is 9.13 Å². The zero-order valence-electron chi connectivity index (χ0n) is 18.1. The largest absolute Gasteiger partial charge is 0.491 e. The molecule has 3 aliphatic rings. The summed E-state index contributed by atoms with van der Waals surface area (Å²) in [6.45, 7) is 3.35. The van der Waals surface area contributed by atoms with E-state index < -0.39 is 0 Å². The van der Waals surface area contributed by atoms with Crippen molar-refractivity contribution in [1.82, 2.24) is 24.0 Å². The van der Waals surface area contributed by atoms with E-state index >= 15 is 0 Å². The van der Waals surface area contributed by atoms with Crippen LogP contribution in [0, 0.1) is 6.92 Å². The highest BCUT2D eigenvalue weighted by atomic mass is 35.5. The number of aryl methyl sites for hydroxylation is 2. The Hall–Kier alpha value is -2.58. The van der Waals surface area contributed by atoms with Crippen LogP contribution in [0.3, 0.4) is 0 Å². The van der Waals surface area contributed by atoms with Crippen LogP contribution in [0.15, 0.2) is 23.1 Å². The molecule has 8 nitrogen and oxygen atoms in total. The highest BCUT2D eigenvalue weighted by Gasteiger charge is 2.28. The van der Waals surface area contributed by atoms with Crippen LogP contribution in [0.25, 0.3) is 11.2 Å². The summed E-state index contributed by atoms with van der Waals surface area (Å²) in [4.78, 5) is 24.6. The lowest BCUT2D eigenvalue weighted by molar-refractivity contribution is 0.143. The van der Waals surface area contributed by atoms with Crippen LogP contribution in [0.4, 0.5) is 11.6 Å². The number of anilines is 2. The van der Waals surface area contributed by atoms with E-state index in [2.05, 4.69) is 22.2 Å². The first kappa shape index (κ1) is 20.3. The number of aromatic nitrogens is 4. The van der Waals surface area contributed by atoms with Crippen molar-refractivity contribution in [3.63, 3.8) is 0 Å². The summed E-state index contributed by atoms with van der Waals surface area (Å²) in [5.74, 6) is 1.08. The van der Waals surface area contributed by atoms with E-state index in [-0.39, 0.29) is 11.7 Å². The van der Waals surface area contributed by atoms with E-state index in [0.29, 0.717) is 35.0 Å². The smallest absolute Gasteiger partial charge is 0.330 e. The second-order valence-electron chi connectivity index (χ2n) is 8.63. The lowest BCUT2D eigenvalue weighted by atomic mass is 9.90. The summed E-state index contributed by atoms with van der Waals surface area (Å²) in [7, 11) is 3.93. The van der Waals surface area contributed by atoms with Crippen molar-refractivity contribution in [2.24, 2.45) is 7.05 Å². The highest BCUT2D eigenvalue weighted by Crippen LogP contribution is 2.34. The van der Waals surface area contributed by atoms with Gasteiger partial charge >= 0.3 is 5.69 Å². The molecule has 31 heavy (non-hydrogen) atoms. The molecule has 4 heterocycles. The number of benzene rings is 1. The van der Waals surface area contributed by atoms with Gasteiger partial charge in [0.1, 0.15) is 17.9 Å². The fourth-order valence-electron chi connectivity index (χ4n) is 4.78. The predicted octanol–water partition coefficient (Wildman–Crippen LogP) is 3.64. The van der Waals surface area contributed by atoms with Crippen molar-refractivity contribution in [2.45, 2.75) is 44.7 Å². The molecule has 9 heteroatoms. The van der Waals surface area contributed by atoms with Crippen molar-refractivity contribution in [1.29, 1.82) is 0 Å². The Balaban J connectivity index is 1.64. The number of halogens is 1. The molecule has 1 aliphatic carbocycles. The van der Waals surface area contributed by atoms with Crippen LogP contribution < -0.4 is 15.7 Å². The molecule has 6 bridgehead atoms. The van der Waals surface area contributed by atoms with Crippen molar-refractivity contribution >= 4 is 34.4 Å². The van der Waals surface area contributed by atoms with Gasteiger partial charge in [-0.1, -0.05) is 11.6 Å². The number of likely N-dealkylation sites (N-methyl/N-ethyl adjacent to an activating group) is 1. The van der Waals surface area contributed by atoms with Crippen molar-refractivity contribution in [2.75, 3.05) is 25.5 Å². The average Bonchev–Trinajstić information content (AvgIpc) is 3.00. The lowest BCUT2D eigenvalue weighted by Crippen LogP contribution is -2.39. The molecule has 3 aromatic rings. The molecule has 0 unspecified atom stereocenters. The van der Waals surface area contributed by atoms with E-state index in [1.165, 1.54) is 0 Å². The van der Waals surface area contributed by atoms with Gasteiger partial charge in [-0.15, -0.1) is 0 Å². The maximum atomic E-state index is 13.1. The Kier molecular flexibility index (Phi) is 5.14. The van der Waals surface area contributed by atoms with Gasteiger partial charge in [0.2, 0.25) is 5.95 Å². The third kappa shape index (κ3) is 3.57. The second-order valence-corrected chi connectivity index (χ2v) is 9.04. The summed E-state index contributed by atoms with van der Waals surface area (Å²) >= 11 is 6.43. The van der Waals surface area contributed by atoms with Crippen LogP contribution >= 0.6 is 11.6 Å². The molecular formula is C22H27ClN6O2. The number of fused-ring (bicyclic) bond motifs is 5. The molecule has 0 saturated heterocycles. The highest BCUT2D eigenvalue weighted by molar-refractivity contribution is 6.32. The van der Waals surface area contributed by atoms with Crippen molar-refractivity contribution in [3.05, 3.63) is 39.4 Å². The van der Waals surface area contributed by atoms with Gasteiger partial charge < -0.3 is 15.0 Å². The number of hydrogen-bond acceptors (Lipinski definition) is 6. The van der Waals surface area contributed by atoms with Crippen molar-refractivity contribution < 1.29 is 4.74 Å². The minimum Gasteiger partial charge on any atom is -0.491 e. The van der Waals surface area contributed by atoms with Gasteiger partial charge in [-0.05, 0) is 51.3 Å². The number of imidazole rings is 1. The first-order valence-electron chi connectivity index (χ1n) is 10.8. The van der Waals surface area contributed by atoms with Gasteiger partial charge in [0.15, 0.2) is 5.65 Å². The fraction of sp³-hybridized carbons (Fsp3) is 0.500. The Morgan fingerprint density at radius 1 is 1.16 bits per heavy atom. The van der Waals surface area contributed by atoms with Crippen LogP contribution in [-0.4, -0.2) is 50.2 Å². The molecule has 1 saturated carbocycles. The molecule has 1 aromatic carbocycles. The Morgan fingerprint density at radius 3 is 2.68 bits per heavy atom. The number of rotatable bonds is 0. The Labute approximate surface area is 185 Å². The molecule has 0 atom stereocenters. The van der Waals surface area contributed by atoms with Crippen LogP contribution in [0.5, 0.6) is 5.75 Å². The van der Waals surface area contributed by atoms with E-state index in [4.69, 9.17) is 21.3 Å². The number of nitrogens with zero attached hydrogens (tertiary/aromatic N) is 5. The summed E-state index contributed by atoms with van der Waals surface area (Å²) in [6, 6.07) is 4.40. The van der Waals surface area contributed by atoms with Gasteiger partial charge in [0.25, 0.3) is 0 Å². The Bertz CT molecular complexity index is 1190. The quantitative estimate of drug-likeness (QED) is 0.572. The fourth-order valence-corrected chi connectivity index (χ4v) is 5.06. The molecule has 0 spiro atoms. The zero-order valence-corrected chi connectivity index (χ0v) is 18.8. The third-order valence-corrected chi connectivity index (χ3v) is 7.01. The van der Waals surface area contributed by atoms with E-state index in [9.17, 15) is 4.79 Å². The van der Waals surface area contributed by atoms with Gasteiger partial charge in [0, 0.05) is 37.4 Å². The topological polar surface area (TPSA) is 77.2 Å². The molecule has 1 fully saturated rings. The minimum absolute atomic E-state index is 0.0299. The average molecular weight is 443 g/mol. The molecule has 2 aliphatic heterocycles. The molecule has 1 N–H and O–H groups in total. The predicted molar refractivity (Wildman–Crippen MR) is 122 cm³/mol. The monoisotopic (exact) mass is 442 g/mol. The molecule has 0 amide bonds. The lowest BCUT2D eigenvalue weighted by Gasteiger charge is -2.35. The normalized spacial score (nSPS) is 21.9. The van der Waals surface area contributed by atoms with E-state index in [1.54, 1.807) is 17.8 Å². The summed E-state index contributed by atoms with van der Waals surface area (Å²) in [5, 5.41) is 3.87. The number of ether oxygens (including phenoxy) is 1. The van der Waals surface area contributed by atoms with E-state index in [1.807, 2.05) is 23.6 Å². The molecular weight excluding hydrogens is 416 g/mol. The number of hydrogen-bond donors (Lipinski definition) is 1. The van der Waals surface area contributed by atoms with Gasteiger partial charge in [-0.25, -0.2) is 9.78 Å². The van der Waals surface area contributed by atoms with Crippen LogP contribution in [0.2, 0.25) is 5.02 Å². The van der Waals surface area contributed by atoms with Crippen LogP contribution in [-0.2, 0) is 7.05 Å². The summed E-state index contributed by atoms with van der Waals surface area (Å²) < 4.78 is 9.54. The molecule has 164 valence electrons. The summed E-state index contributed by atoms with van der Waals surface area (Å²) in [6.07, 6.45) is 5.69. The maximum Gasteiger partial charge on any atom is 0.330 e. The van der Waals surface area contributed by atoms with Crippen molar-refractivity contribution in [3.8, 4) is 5.75 Å². The number of nitrogens with one attached hydrogen (secondary N) is 1. The third-order valence-electron chi connectivity index (χ3n) is 6.71. The zero-order chi connectivity index (χ0) is 21.7. The Morgan fingerprint density at radius 2 is 1.90 bits per heavy atom.